The lowest BCUT2D eigenvalue weighted by molar-refractivity contribution is -0.123. The van der Waals surface area contributed by atoms with E-state index in [2.05, 4.69) is 34.1 Å². The molecule has 2 aliphatic rings. The van der Waals surface area contributed by atoms with Gasteiger partial charge in [0.15, 0.2) is 0 Å². The normalized spacial score (nSPS) is 25.2. The summed E-state index contributed by atoms with van der Waals surface area (Å²) in [5.74, 6) is -0.0947. The highest BCUT2D eigenvalue weighted by molar-refractivity contribution is 5.90. The molecule has 0 unspecified atom stereocenters. The van der Waals surface area contributed by atoms with Gasteiger partial charge >= 0.3 is 6.03 Å². The van der Waals surface area contributed by atoms with E-state index in [9.17, 15) is 9.59 Å². The van der Waals surface area contributed by atoms with Crippen molar-refractivity contribution >= 4 is 11.9 Å². The maximum atomic E-state index is 12.0. The van der Waals surface area contributed by atoms with E-state index in [4.69, 9.17) is 0 Å². The standard InChI is InChI=1S/C14H17N3O2/c18-13(12-8-15-14(19)17-12)16-11-6-5-9-3-1-2-4-10(9)7-11/h1-4,11-12H,5-8H2,(H,16,18)(H2,15,17,19)/t11-,12-/m0/s1. The molecular formula is C14H17N3O2. The predicted molar refractivity (Wildman–Crippen MR) is 70.7 cm³/mol. The zero-order valence-electron chi connectivity index (χ0n) is 10.6. The van der Waals surface area contributed by atoms with E-state index in [-0.39, 0.29) is 18.0 Å². The summed E-state index contributed by atoms with van der Waals surface area (Å²) in [7, 11) is 0. The molecule has 2 atom stereocenters. The van der Waals surface area contributed by atoms with E-state index >= 15 is 0 Å². The second-order valence-corrected chi connectivity index (χ2v) is 5.12. The van der Waals surface area contributed by atoms with Crippen LogP contribution in [0, 0.1) is 0 Å². The number of benzene rings is 1. The number of rotatable bonds is 2. The SMILES string of the molecule is O=C1NC[C@@H](C(=O)N[C@H]2CCc3ccccc3C2)N1. The molecule has 5 nitrogen and oxygen atoms in total. The molecule has 5 heteroatoms. The molecule has 1 aromatic carbocycles. The molecule has 1 aromatic rings. The molecule has 100 valence electrons. The Balaban J connectivity index is 1.60. The lowest BCUT2D eigenvalue weighted by atomic mass is 9.88. The highest BCUT2D eigenvalue weighted by Gasteiger charge is 2.29. The van der Waals surface area contributed by atoms with Crippen LogP contribution in [0.3, 0.4) is 0 Å². The number of hydrogen-bond acceptors (Lipinski definition) is 2. The molecule has 1 fully saturated rings. The largest absolute Gasteiger partial charge is 0.351 e. The first-order valence-electron chi connectivity index (χ1n) is 6.64. The Bertz CT molecular complexity index is 515. The first kappa shape index (κ1) is 12.0. The highest BCUT2D eigenvalue weighted by Crippen LogP contribution is 2.21. The second-order valence-electron chi connectivity index (χ2n) is 5.12. The van der Waals surface area contributed by atoms with Crippen LogP contribution in [-0.4, -0.2) is 30.6 Å². The first-order chi connectivity index (χ1) is 9.22. The van der Waals surface area contributed by atoms with Crippen LogP contribution in [0.15, 0.2) is 24.3 Å². The van der Waals surface area contributed by atoms with Crippen molar-refractivity contribution in [3.63, 3.8) is 0 Å². The van der Waals surface area contributed by atoms with Crippen LogP contribution in [0.1, 0.15) is 17.5 Å². The number of fused-ring (bicyclic) bond motifs is 1. The lowest BCUT2D eigenvalue weighted by Crippen LogP contribution is -2.48. The van der Waals surface area contributed by atoms with Gasteiger partial charge in [-0.1, -0.05) is 24.3 Å². The minimum atomic E-state index is -0.440. The molecule has 0 spiro atoms. The average Bonchev–Trinajstić information content (AvgIpc) is 2.85. The molecule has 0 radical (unpaired) electrons. The lowest BCUT2D eigenvalue weighted by Gasteiger charge is -2.26. The Kier molecular flexibility index (Phi) is 3.11. The zero-order valence-corrected chi connectivity index (χ0v) is 10.6. The van der Waals surface area contributed by atoms with Gasteiger partial charge < -0.3 is 16.0 Å². The average molecular weight is 259 g/mol. The van der Waals surface area contributed by atoms with Crippen molar-refractivity contribution in [2.24, 2.45) is 0 Å². The maximum absolute atomic E-state index is 12.0. The van der Waals surface area contributed by atoms with Gasteiger partial charge in [-0.3, -0.25) is 4.79 Å². The van der Waals surface area contributed by atoms with Crippen LogP contribution in [-0.2, 0) is 17.6 Å². The van der Waals surface area contributed by atoms with Gasteiger partial charge in [-0.05, 0) is 30.4 Å². The van der Waals surface area contributed by atoms with E-state index in [1.807, 2.05) is 6.07 Å². The summed E-state index contributed by atoms with van der Waals surface area (Å²) in [6.07, 6.45) is 2.82. The molecule has 3 rings (SSSR count). The van der Waals surface area contributed by atoms with Gasteiger partial charge in [0.1, 0.15) is 6.04 Å². The van der Waals surface area contributed by atoms with E-state index in [1.54, 1.807) is 0 Å². The smallest absolute Gasteiger partial charge is 0.315 e. The molecule has 0 saturated carbocycles. The molecule has 1 heterocycles. The Labute approximate surface area is 111 Å². The van der Waals surface area contributed by atoms with Crippen molar-refractivity contribution in [3.05, 3.63) is 35.4 Å². The van der Waals surface area contributed by atoms with Gasteiger partial charge in [0.05, 0.1) is 0 Å². The molecule has 3 amide bonds. The van der Waals surface area contributed by atoms with Gasteiger partial charge in [0.2, 0.25) is 5.91 Å². The Hall–Kier alpha value is -2.04. The van der Waals surface area contributed by atoms with Crippen LogP contribution in [0.2, 0.25) is 0 Å². The number of carbonyl (C=O) groups excluding carboxylic acids is 2. The van der Waals surface area contributed by atoms with Crippen molar-refractivity contribution in [2.45, 2.75) is 31.3 Å². The maximum Gasteiger partial charge on any atom is 0.315 e. The van der Waals surface area contributed by atoms with Gasteiger partial charge in [0, 0.05) is 12.6 Å². The first-order valence-corrected chi connectivity index (χ1v) is 6.64. The molecule has 19 heavy (non-hydrogen) atoms. The molecule has 1 saturated heterocycles. The third-order valence-corrected chi connectivity index (χ3v) is 3.78. The van der Waals surface area contributed by atoms with E-state index in [0.717, 1.165) is 19.3 Å². The summed E-state index contributed by atoms with van der Waals surface area (Å²) >= 11 is 0. The number of urea groups is 1. The van der Waals surface area contributed by atoms with Gasteiger partial charge in [-0.25, -0.2) is 4.79 Å². The van der Waals surface area contributed by atoms with Crippen LogP contribution in [0.4, 0.5) is 4.79 Å². The van der Waals surface area contributed by atoms with Gasteiger partial charge in [-0.15, -0.1) is 0 Å². The van der Waals surface area contributed by atoms with Crippen molar-refractivity contribution in [3.8, 4) is 0 Å². The summed E-state index contributed by atoms with van der Waals surface area (Å²) in [4.78, 5) is 23.0. The molecule has 0 bridgehead atoms. The minimum Gasteiger partial charge on any atom is -0.351 e. The van der Waals surface area contributed by atoms with Crippen LogP contribution in [0.25, 0.3) is 0 Å². The van der Waals surface area contributed by atoms with E-state index in [0.29, 0.717) is 6.54 Å². The fourth-order valence-electron chi connectivity index (χ4n) is 2.74. The number of aryl methyl sites for hydroxylation is 1. The fourth-order valence-corrected chi connectivity index (χ4v) is 2.74. The topological polar surface area (TPSA) is 70.2 Å². The van der Waals surface area contributed by atoms with Crippen molar-refractivity contribution in [2.75, 3.05) is 6.54 Å². The number of nitrogens with one attached hydrogen (secondary N) is 3. The molecule has 3 N–H and O–H groups in total. The van der Waals surface area contributed by atoms with Crippen LogP contribution >= 0.6 is 0 Å². The minimum absolute atomic E-state index is 0.0947. The summed E-state index contributed by atoms with van der Waals surface area (Å²) in [6.45, 7) is 0.369. The third kappa shape index (κ3) is 2.54. The Morgan fingerprint density at radius 3 is 2.79 bits per heavy atom. The number of hydrogen-bond donors (Lipinski definition) is 3. The monoisotopic (exact) mass is 259 g/mol. The van der Waals surface area contributed by atoms with Gasteiger partial charge in [0.25, 0.3) is 0 Å². The van der Waals surface area contributed by atoms with Crippen LogP contribution < -0.4 is 16.0 Å². The molecule has 1 aliphatic carbocycles. The predicted octanol–water partition coefficient (Wildman–Crippen LogP) is 0.341. The summed E-state index contributed by atoms with van der Waals surface area (Å²) in [6, 6.07) is 7.81. The highest BCUT2D eigenvalue weighted by atomic mass is 16.2. The molecule has 0 aromatic heterocycles. The summed E-state index contributed by atoms with van der Waals surface area (Å²) < 4.78 is 0. The van der Waals surface area contributed by atoms with Crippen molar-refractivity contribution in [1.29, 1.82) is 0 Å². The number of amides is 3. The molecular weight excluding hydrogens is 242 g/mol. The van der Waals surface area contributed by atoms with Crippen molar-refractivity contribution < 1.29 is 9.59 Å². The van der Waals surface area contributed by atoms with E-state index in [1.165, 1.54) is 11.1 Å². The van der Waals surface area contributed by atoms with Crippen LogP contribution in [0.5, 0.6) is 0 Å². The number of carbonyl (C=O) groups is 2. The Morgan fingerprint density at radius 1 is 1.26 bits per heavy atom. The van der Waals surface area contributed by atoms with Crippen molar-refractivity contribution in [1.82, 2.24) is 16.0 Å². The third-order valence-electron chi connectivity index (χ3n) is 3.78. The van der Waals surface area contributed by atoms with E-state index < -0.39 is 6.04 Å². The Morgan fingerprint density at radius 2 is 2.05 bits per heavy atom. The summed E-state index contributed by atoms with van der Waals surface area (Å²) in [5.41, 5.74) is 2.69. The second kappa shape index (κ2) is 4.91. The quantitative estimate of drug-likeness (QED) is 0.717. The van der Waals surface area contributed by atoms with Gasteiger partial charge in [-0.2, -0.15) is 0 Å². The molecule has 1 aliphatic heterocycles. The zero-order chi connectivity index (χ0) is 13.2. The summed E-state index contributed by atoms with van der Waals surface area (Å²) in [5, 5.41) is 8.22. The fraction of sp³-hybridized carbons (Fsp3) is 0.429.